The van der Waals surface area contributed by atoms with Gasteiger partial charge in [0, 0.05) is 24.3 Å². The molecule has 0 N–H and O–H groups in total. The molecule has 1 rings (SSSR count). The Morgan fingerprint density at radius 2 is 1.67 bits per heavy atom. The van der Waals surface area contributed by atoms with Gasteiger partial charge in [-0.1, -0.05) is 32.0 Å². The van der Waals surface area contributed by atoms with Crippen molar-refractivity contribution in [1.29, 1.82) is 0 Å². The number of hydrogen-bond acceptors (Lipinski definition) is 1. The molecule has 0 saturated heterocycles. The summed E-state index contributed by atoms with van der Waals surface area (Å²) in [5, 5.41) is 0. The molecule has 0 unspecified atom stereocenters. The van der Waals surface area contributed by atoms with E-state index < -0.39 is 0 Å². The maximum Gasteiger partial charge on any atom is 0.117 e. The molecule has 1 aromatic rings. The molecule has 0 saturated carbocycles. The van der Waals surface area contributed by atoms with E-state index in [2.05, 4.69) is 18.7 Å². The normalized spacial score (nSPS) is 10.3. The van der Waals surface area contributed by atoms with E-state index in [-0.39, 0.29) is 6.67 Å². The largest absolute Gasteiger partial charge is 0.371 e. The van der Waals surface area contributed by atoms with E-state index in [4.69, 9.17) is 0 Å². The second-order valence-corrected chi connectivity index (χ2v) is 3.75. The molecule has 0 heterocycles. The molecule has 84 valence electrons. The van der Waals surface area contributed by atoms with Crippen LogP contribution in [0.15, 0.2) is 24.3 Å². The smallest absolute Gasteiger partial charge is 0.117 e. The Labute approximate surface area is 91.9 Å². The van der Waals surface area contributed by atoms with Crippen LogP contribution in [0.25, 0.3) is 0 Å². The fourth-order valence-corrected chi connectivity index (χ4v) is 1.82. The van der Waals surface area contributed by atoms with Crippen molar-refractivity contribution < 1.29 is 4.39 Å². The van der Waals surface area contributed by atoms with Gasteiger partial charge in [0.25, 0.3) is 0 Å². The fraction of sp³-hybridized carbons (Fsp3) is 0.538. The zero-order chi connectivity index (χ0) is 11.1. The highest BCUT2D eigenvalue weighted by atomic mass is 19.1. The van der Waals surface area contributed by atoms with Crippen LogP contribution < -0.4 is 4.90 Å². The molecule has 2 heteroatoms. The molecule has 15 heavy (non-hydrogen) atoms. The second-order valence-electron chi connectivity index (χ2n) is 3.75. The molecule has 0 atom stereocenters. The molecule has 0 spiro atoms. The van der Waals surface area contributed by atoms with Crippen molar-refractivity contribution in [3.05, 3.63) is 29.8 Å². The van der Waals surface area contributed by atoms with Crippen molar-refractivity contribution in [2.24, 2.45) is 0 Å². The van der Waals surface area contributed by atoms with E-state index in [1.807, 2.05) is 24.3 Å². The third-order valence-corrected chi connectivity index (χ3v) is 2.46. The molecule has 1 nitrogen and oxygen atoms in total. The fourth-order valence-electron chi connectivity index (χ4n) is 1.82. The highest BCUT2D eigenvalue weighted by Gasteiger charge is 2.08. The summed E-state index contributed by atoms with van der Waals surface area (Å²) in [6.07, 6.45) is 2.20. The highest BCUT2D eigenvalue weighted by Crippen LogP contribution is 2.21. The average Bonchev–Trinajstić information content (AvgIpc) is 2.29. The maximum atomic E-state index is 12.8. The number of nitrogens with zero attached hydrogens (tertiary/aromatic N) is 1. The summed E-state index contributed by atoms with van der Waals surface area (Å²) in [6, 6.07) is 7.76. The van der Waals surface area contributed by atoms with E-state index in [9.17, 15) is 4.39 Å². The van der Waals surface area contributed by atoms with Gasteiger partial charge in [0.2, 0.25) is 0 Å². The molecular formula is C13H20FN. The Hall–Kier alpha value is -1.05. The predicted molar refractivity (Wildman–Crippen MR) is 64.0 cm³/mol. The van der Waals surface area contributed by atoms with Gasteiger partial charge >= 0.3 is 0 Å². The van der Waals surface area contributed by atoms with Gasteiger partial charge in [-0.15, -0.1) is 0 Å². The van der Waals surface area contributed by atoms with Crippen LogP contribution in [-0.2, 0) is 6.67 Å². The quantitative estimate of drug-likeness (QED) is 0.689. The maximum absolute atomic E-state index is 12.8. The molecule has 0 bridgehead atoms. The predicted octanol–water partition coefficient (Wildman–Crippen LogP) is 3.78. The van der Waals surface area contributed by atoms with Crippen LogP contribution >= 0.6 is 0 Å². The lowest BCUT2D eigenvalue weighted by Gasteiger charge is -2.25. The molecule has 0 aliphatic heterocycles. The minimum atomic E-state index is -0.375. The first kappa shape index (κ1) is 12.0. The first-order chi connectivity index (χ1) is 7.33. The van der Waals surface area contributed by atoms with Crippen LogP contribution in [0.3, 0.4) is 0 Å². The van der Waals surface area contributed by atoms with Gasteiger partial charge in [-0.05, 0) is 18.9 Å². The molecule has 0 radical (unpaired) electrons. The van der Waals surface area contributed by atoms with Crippen LogP contribution in [0.2, 0.25) is 0 Å². The van der Waals surface area contributed by atoms with Gasteiger partial charge in [0.15, 0.2) is 0 Å². The Kier molecular flexibility index (Phi) is 5.16. The molecule has 0 fully saturated rings. The van der Waals surface area contributed by atoms with Crippen LogP contribution in [0, 0.1) is 0 Å². The number of hydrogen-bond donors (Lipinski definition) is 0. The van der Waals surface area contributed by atoms with E-state index in [0.717, 1.165) is 37.2 Å². The summed E-state index contributed by atoms with van der Waals surface area (Å²) in [7, 11) is 0. The molecule has 0 aliphatic carbocycles. The van der Waals surface area contributed by atoms with Crippen LogP contribution in [0.1, 0.15) is 32.3 Å². The lowest BCUT2D eigenvalue weighted by atomic mass is 10.1. The van der Waals surface area contributed by atoms with Crippen LogP contribution in [-0.4, -0.2) is 13.1 Å². The first-order valence-electron chi connectivity index (χ1n) is 5.72. The Morgan fingerprint density at radius 3 is 2.20 bits per heavy atom. The lowest BCUT2D eigenvalue weighted by Crippen LogP contribution is -2.25. The van der Waals surface area contributed by atoms with Crippen molar-refractivity contribution in [2.75, 3.05) is 18.0 Å². The number of alkyl halides is 1. The van der Waals surface area contributed by atoms with Crippen molar-refractivity contribution in [1.82, 2.24) is 0 Å². The third kappa shape index (κ3) is 3.22. The number of rotatable bonds is 6. The minimum Gasteiger partial charge on any atom is -0.371 e. The molecule has 0 amide bonds. The SMILES string of the molecule is CCCN(CCC)c1ccccc1CF. The Morgan fingerprint density at radius 1 is 1.07 bits per heavy atom. The van der Waals surface area contributed by atoms with Gasteiger partial charge in [-0.3, -0.25) is 0 Å². The van der Waals surface area contributed by atoms with Crippen molar-refractivity contribution in [3.8, 4) is 0 Å². The van der Waals surface area contributed by atoms with Gasteiger partial charge in [0.1, 0.15) is 6.67 Å². The summed E-state index contributed by atoms with van der Waals surface area (Å²) < 4.78 is 12.8. The first-order valence-corrected chi connectivity index (χ1v) is 5.72. The molecular weight excluding hydrogens is 189 g/mol. The zero-order valence-electron chi connectivity index (χ0n) is 9.67. The van der Waals surface area contributed by atoms with Gasteiger partial charge in [-0.2, -0.15) is 0 Å². The van der Waals surface area contributed by atoms with E-state index in [0.29, 0.717) is 0 Å². The summed E-state index contributed by atoms with van der Waals surface area (Å²) >= 11 is 0. The molecule has 0 aliphatic rings. The van der Waals surface area contributed by atoms with Gasteiger partial charge < -0.3 is 4.90 Å². The van der Waals surface area contributed by atoms with Gasteiger partial charge in [-0.25, -0.2) is 4.39 Å². The van der Waals surface area contributed by atoms with Gasteiger partial charge in [0.05, 0.1) is 0 Å². The number of benzene rings is 1. The third-order valence-electron chi connectivity index (χ3n) is 2.46. The van der Waals surface area contributed by atoms with Crippen molar-refractivity contribution in [2.45, 2.75) is 33.4 Å². The van der Waals surface area contributed by atoms with Crippen LogP contribution in [0.5, 0.6) is 0 Å². The molecule has 1 aromatic carbocycles. The number of para-hydroxylation sites is 1. The summed E-state index contributed by atoms with van der Waals surface area (Å²) in [4.78, 5) is 2.27. The van der Waals surface area contributed by atoms with E-state index in [1.54, 1.807) is 0 Å². The van der Waals surface area contributed by atoms with Crippen LogP contribution in [0.4, 0.5) is 10.1 Å². The van der Waals surface area contributed by atoms with E-state index in [1.165, 1.54) is 0 Å². The summed E-state index contributed by atoms with van der Waals surface area (Å²) in [5.74, 6) is 0. The summed E-state index contributed by atoms with van der Waals surface area (Å²) in [5.41, 5.74) is 1.86. The average molecular weight is 209 g/mol. The van der Waals surface area contributed by atoms with Crippen molar-refractivity contribution >= 4 is 5.69 Å². The monoisotopic (exact) mass is 209 g/mol. The second kappa shape index (κ2) is 6.44. The topological polar surface area (TPSA) is 3.24 Å². The lowest BCUT2D eigenvalue weighted by molar-refractivity contribution is 0.484. The Balaban J connectivity index is 2.88. The van der Waals surface area contributed by atoms with E-state index >= 15 is 0 Å². The van der Waals surface area contributed by atoms with Crippen molar-refractivity contribution in [3.63, 3.8) is 0 Å². The number of halogens is 1. The number of anilines is 1. The standard InChI is InChI=1S/C13H20FN/c1-3-9-15(10-4-2)13-8-6-5-7-12(13)11-14/h5-8H,3-4,9-11H2,1-2H3. The molecule has 0 aromatic heterocycles. The minimum absolute atomic E-state index is 0.375. The highest BCUT2D eigenvalue weighted by molar-refractivity contribution is 5.53. The Bertz CT molecular complexity index is 280. The summed E-state index contributed by atoms with van der Waals surface area (Å²) in [6.45, 7) is 5.94. The zero-order valence-corrected chi connectivity index (χ0v) is 9.67.